The first-order valence-corrected chi connectivity index (χ1v) is 9.49. The number of carbonyl (C=O) groups is 1. The molecule has 1 unspecified atom stereocenters. The van der Waals surface area contributed by atoms with Crippen molar-refractivity contribution in [2.24, 2.45) is 0 Å². The Morgan fingerprint density at radius 3 is 2.13 bits per heavy atom. The summed E-state index contributed by atoms with van der Waals surface area (Å²) < 4.78 is 20.7. The van der Waals surface area contributed by atoms with E-state index in [2.05, 4.69) is 10.4 Å². The third kappa shape index (κ3) is 6.98. The second-order valence-corrected chi connectivity index (χ2v) is 8.41. The average molecular weight is 404 g/mol. The van der Waals surface area contributed by atoms with E-state index < -0.39 is 23.6 Å². The van der Waals surface area contributed by atoms with E-state index >= 15 is 0 Å². The number of hydrogen-bond acceptors (Lipinski definition) is 4. The van der Waals surface area contributed by atoms with Crippen molar-refractivity contribution < 1.29 is 18.4 Å². The van der Waals surface area contributed by atoms with Crippen molar-refractivity contribution in [2.45, 2.75) is 23.8 Å². The van der Waals surface area contributed by atoms with Gasteiger partial charge in [0.05, 0.1) is 13.2 Å². The molecule has 0 aromatic heterocycles. The number of halogens is 3. The van der Waals surface area contributed by atoms with Crippen LogP contribution in [-0.4, -0.2) is 29.1 Å². The molecule has 1 rings (SSSR count). The Labute approximate surface area is 150 Å². The molecule has 1 amide bonds. The van der Waals surface area contributed by atoms with Crippen LogP contribution in [0.3, 0.4) is 0 Å². The van der Waals surface area contributed by atoms with Crippen LogP contribution in [0.4, 0.5) is 0 Å². The zero-order chi connectivity index (χ0) is 17.5. The van der Waals surface area contributed by atoms with Crippen LogP contribution in [0.5, 0.6) is 0 Å². The van der Waals surface area contributed by atoms with Crippen LogP contribution in [-0.2, 0) is 13.6 Å². The topological polar surface area (TPSA) is 76.7 Å². The van der Waals surface area contributed by atoms with Gasteiger partial charge in [0.15, 0.2) is 0 Å². The standard InChI is InChI=1S/C13H18Cl3N2O4P/c1-3-21-23(20,22-4-2)18-12(13(14,15)16)17-11(19)10-8-6-5-7-9-10/h5-9,12H,3-4H2,1-2H3,(H,17,19)(H,18,20). The number of carbonyl (C=O) groups excluding carboxylic acids is 1. The molecule has 1 atom stereocenters. The summed E-state index contributed by atoms with van der Waals surface area (Å²) in [6.07, 6.45) is -1.29. The number of nitrogens with one attached hydrogen (secondary N) is 2. The summed E-state index contributed by atoms with van der Waals surface area (Å²) in [5.41, 5.74) is 0.358. The van der Waals surface area contributed by atoms with Crippen molar-refractivity contribution in [3.05, 3.63) is 35.9 Å². The molecular weight excluding hydrogens is 385 g/mol. The fourth-order valence-electron chi connectivity index (χ4n) is 1.60. The minimum atomic E-state index is -3.74. The zero-order valence-electron chi connectivity index (χ0n) is 12.6. The highest BCUT2D eigenvalue weighted by molar-refractivity contribution is 7.51. The highest BCUT2D eigenvalue weighted by Gasteiger charge is 2.40. The molecule has 0 fully saturated rings. The molecule has 10 heteroatoms. The van der Waals surface area contributed by atoms with Gasteiger partial charge in [-0.3, -0.25) is 13.8 Å². The third-order valence-corrected chi connectivity index (χ3v) is 4.95. The molecule has 0 saturated carbocycles. The first-order chi connectivity index (χ1) is 10.7. The average Bonchev–Trinajstić information content (AvgIpc) is 2.47. The Hall–Kier alpha value is -0.330. The molecule has 0 aliphatic rings. The van der Waals surface area contributed by atoms with E-state index in [0.29, 0.717) is 5.56 Å². The van der Waals surface area contributed by atoms with Crippen LogP contribution in [0, 0.1) is 0 Å². The van der Waals surface area contributed by atoms with Gasteiger partial charge in [-0.05, 0) is 26.0 Å². The molecule has 0 radical (unpaired) electrons. The maximum Gasteiger partial charge on any atom is 0.407 e. The predicted molar refractivity (Wildman–Crippen MR) is 92.0 cm³/mol. The molecule has 0 aliphatic heterocycles. The highest BCUT2D eigenvalue weighted by Crippen LogP contribution is 2.46. The fourth-order valence-corrected chi connectivity index (χ4v) is 3.63. The molecule has 1 aromatic carbocycles. The van der Waals surface area contributed by atoms with Crippen LogP contribution in [0.15, 0.2) is 30.3 Å². The Morgan fingerprint density at radius 2 is 1.70 bits per heavy atom. The monoisotopic (exact) mass is 402 g/mol. The van der Waals surface area contributed by atoms with Gasteiger partial charge in [0.2, 0.25) is 3.79 Å². The first-order valence-electron chi connectivity index (χ1n) is 6.81. The highest BCUT2D eigenvalue weighted by atomic mass is 35.6. The predicted octanol–water partition coefficient (Wildman–Crippen LogP) is 3.88. The summed E-state index contributed by atoms with van der Waals surface area (Å²) in [7, 11) is -3.74. The summed E-state index contributed by atoms with van der Waals surface area (Å²) in [5.74, 6) is -0.506. The van der Waals surface area contributed by atoms with Crippen molar-refractivity contribution >= 4 is 48.5 Å². The zero-order valence-corrected chi connectivity index (χ0v) is 15.8. The van der Waals surface area contributed by atoms with Gasteiger partial charge in [-0.2, -0.15) is 5.09 Å². The second-order valence-electron chi connectivity index (χ2n) is 4.28. The number of alkyl halides is 3. The number of rotatable bonds is 8. The van der Waals surface area contributed by atoms with Crippen molar-refractivity contribution in [1.29, 1.82) is 0 Å². The lowest BCUT2D eigenvalue weighted by atomic mass is 10.2. The lowest BCUT2D eigenvalue weighted by molar-refractivity contribution is 0.0932. The molecule has 1 aromatic rings. The maximum absolute atomic E-state index is 12.5. The lowest BCUT2D eigenvalue weighted by Crippen LogP contribution is -2.52. The van der Waals surface area contributed by atoms with Gasteiger partial charge in [-0.25, -0.2) is 4.57 Å². The molecule has 6 nitrogen and oxygen atoms in total. The van der Waals surface area contributed by atoms with Crippen molar-refractivity contribution in [3.63, 3.8) is 0 Å². The summed E-state index contributed by atoms with van der Waals surface area (Å²) in [6, 6.07) is 8.33. The summed E-state index contributed by atoms with van der Waals surface area (Å²) in [4.78, 5) is 12.2. The molecular formula is C13H18Cl3N2O4P. The summed E-state index contributed by atoms with van der Waals surface area (Å²) in [6.45, 7) is 3.51. The largest absolute Gasteiger partial charge is 0.407 e. The smallest absolute Gasteiger partial charge is 0.332 e. The minimum Gasteiger partial charge on any atom is -0.332 e. The van der Waals surface area contributed by atoms with E-state index in [1.807, 2.05) is 0 Å². The van der Waals surface area contributed by atoms with Gasteiger partial charge in [0.25, 0.3) is 5.91 Å². The molecule has 130 valence electrons. The first kappa shape index (κ1) is 20.7. The van der Waals surface area contributed by atoms with Crippen molar-refractivity contribution in [3.8, 4) is 0 Å². The molecule has 0 heterocycles. The summed E-state index contributed by atoms with van der Waals surface area (Å²) >= 11 is 17.6. The van der Waals surface area contributed by atoms with Crippen molar-refractivity contribution in [1.82, 2.24) is 10.4 Å². The van der Waals surface area contributed by atoms with E-state index in [4.69, 9.17) is 43.9 Å². The van der Waals surface area contributed by atoms with Gasteiger partial charge in [0, 0.05) is 5.56 Å². The van der Waals surface area contributed by atoms with E-state index in [9.17, 15) is 9.36 Å². The fraction of sp³-hybridized carbons (Fsp3) is 0.462. The minimum absolute atomic E-state index is 0.115. The van der Waals surface area contributed by atoms with Crippen LogP contribution < -0.4 is 10.4 Å². The van der Waals surface area contributed by atoms with Crippen LogP contribution in [0.1, 0.15) is 24.2 Å². The van der Waals surface area contributed by atoms with E-state index in [-0.39, 0.29) is 13.2 Å². The molecule has 0 saturated heterocycles. The Bertz CT molecular complexity index is 544. The Balaban J connectivity index is 2.93. The Kier molecular flexibility index (Phi) is 8.31. The van der Waals surface area contributed by atoms with Crippen LogP contribution in [0.2, 0.25) is 0 Å². The second kappa shape index (κ2) is 9.23. The number of benzene rings is 1. The van der Waals surface area contributed by atoms with E-state index in [1.54, 1.807) is 44.2 Å². The quantitative estimate of drug-likeness (QED) is 0.391. The number of amides is 1. The molecule has 0 spiro atoms. The SMILES string of the molecule is CCOP(=O)(NC(NC(=O)c1ccccc1)C(Cl)(Cl)Cl)OCC. The van der Waals surface area contributed by atoms with Gasteiger partial charge < -0.3 is 5.32 Å². The maximum atomic E-state index is 12.5. The summed E-state index contributed by atoms with van der Waals surface area (Å²) in [5, 5.41) is 4.92. The lowest BCUT2D eigenvalue weighted by Gasteiger charge is -2.29. The van der Waals surface area contributed by atoms with Crippen LogP contribution in [0.25, 0.3) is 0 Å². The van der Waals surface area contributed by atoms with Crippen molar-refractivity contribution in [2.75, 3.05) is 13.2 Å². The molecule has 23 heavy (non-hydrogen) atoms. The van der Waals surface area contributed by atoms with E-state index in [1.165, 1.54) is 0 Å². The normalized spacial score (nSPS) is 13.6. The molecule has 0 aliphatic carbocycles. The molecule has 0 bridgehead atoms. The number of hydrogen-bond donors (Lipinski definition) is 2. The van der Waals surface area contributed by atoms with Gasteiger partial charge >= 0.3 is 7.75 Å². The van der Waals surface area contributed by atoms with Crippen LogP contribution >= 0.6 is 42.5 Å². The molecule has 2 N–H and O–H groups in total. The van der Waals surface area contributed by atoms with Gasteiger partial charge in [-0.15, -0.1) is 0 Å². The van der Waals surface area contributed by atoms with E-state index in [0.717, 1.165) is 0 Å². The van der Waals surface area contributed by atoms with Gasteiger partial charge in [-0.1, -0.05) is 53.0 Å². The Morgan fingerprint density at radius 1 is 1.17 bits per heavy atom. The third-order valence-electron chi connectivity index (χ3n) is 2.52. The van der Waals surface area contributed by atoms with Gasteiger partial charge in [0.1, 0.15) is 6.17 Å².